The van der Waals surface area contributed by atoms with Crippen LogP contribution in [0.5, 0.6) is 0 Å². The maximum Gasteiger partial charge on any atom is 0.233 e. The van der Waals surface area contributed by atoms with Gasteiger partial charge in [0.1, 0.15) is 11.6 Å². The van der Waals surface area contributed by atoms with Crippen LogP contribution in [0.2, 0.25) is 0 Å². The molecule has 320 valence electrons. The fraction of sp³-hybridized carbons (Fsp3) is 0.841. The molecule has 2 aliphatic rings. The van der Waals surface area contributed by atoms with Crippen molar-refractivity contribution in [2.24, 2.45) is 33.0 Å². The number of nitrogens with zero attached hydrogens (tertiary/aromatic N) is 4. The molecule has 0 aromatic heterocycles. The summed E-state index contributed by atoms with van der Waals surface area (Å²) in [6.45, 7) is 26.9. The molecule has 0 saturated carbocycles. The van der Waals surface area contributed by atoms with Crippen LogP contribution in [0.25, 0.3) is 0 Å². The third-order valence-electron chi connectivity index (χ3n) is 11.5. The first-order valence-corrected chi connectivity index (χ1v) is 22.0. The number of likely N-dealkylation sites (tertiary alicyclic amines) is 1. The number of unbranched alkanes of at least 4 members (excludes halogenated alkanes) is 2. The molecule has 0 bridgehead atoms. The molecule has 0 aliphatic carbocycles. The van der Waals surface area contributed by atoms with E-state index in [2.05, 4.69) is 34.6 Å². The maximum atomic E-state index is 13.7. The quantitative estimate of drug-likeness (QED) is 0.0892. The maximum absolute atomic E-state index is 13.7. The second-order valence-electron chi connectivity index (χ2n) is 21.0. The van der Waals surface area contributed by atoms with E-state index in [1.807, 2.05) is 55.4 Å². The predicted octanol–water partition coefficient (Wildman–Crippen LogP) is 8.09. The Morgan fingerprint density at radius 1 is 0.607 bits per heavy atom. The minimum atomic E-state index is -0.526. The van der Waals surface area contributed by atoms with E-state index >= 15 is 0 Å². The van der Waals surface area contributed by atoms with Crippen LogP contribution < -0.4 is 0 Å². The van der Waals surface area contributed by atoms with Crippen molar-refractivity contribution < 1.29 is 33.6 Å². The van der Waals surface area contributed by atoms with Crippen LogP contribution >= 0.6 is 11.8 Å². The van der Waals surface area contributed by atoms with E-state index in [1.165, 1.54) is 16.7 Å². The third-order valence-corrected chi connectivity index (χ3v) is 12.4. The molecule has 56 heavy (non-hydrogen) atoms. The van der Waals surface area contributed by atoms with Gasteiger partial charge in [-0.3, -0.25) is 38.5 Å². The summed E-state index contributed by atoms with van der Waals surface area (Å²) in [6, 6.07) is 0. The van der Waals surface area contributed by atoms with Gasteiger partial charge < -0.3 is 14.7 Å². The van der Waals surface area contributed by atoms with Crippen molar-refractivity contribution in [3.8, 4) is 0 Å². The summed E-state index contributed by atoms with van der Waals surface area (Å²) >= 11 is 1.43. The molecule has 2 saturated heterocycles. The van der Waals surface area contributed by atoms with Crippen molar-refractivity contribution in [1.29, 1.82) is 0 Å². The van der Waals surface area contributed by atoms with Crippen molar-refractivity contribution in [2.45, 2.75) is 167 Å². The number of thioether (sulfide) groups is 1. The van der Waals surface area contributed by atoms with Crippen LogP contribution in [0.3, 0.4) is 0 Å². The Morgan fingerprint density at radius 3 is 1.61 bits per heavy atom. The van der Waals surface area contributed by atoms with Gasteiger partial charge in [-0.05, 0) is 54.8 Å². The summed E-state index contributed by atoms with van der Waals surface area (Å²) < 4.78 is 0. The first-order chi connectivity index (χ1) is 25.5. The Hall–Kier alpha value is -2.76. The van der Waals surface area contributed by atoms with Gasteiger partial charge in [-0.2, -0.15) is 11.8 Å². The Labute approximate surface area is 343 Å². The smallest absolute Gasteiger partial charge is 0.233 e. The summed E-state index contributed by atoms with van der Waals surface area (Å²) in [5.41, 5.74) is -1.45. The normalized spacial score (nSPS) is 17.6. The molecule has 5 amide bonds. The molecule has 2 rings (SSSR count). The Morgan fingerprint density at radius 2 is 1.12 bits per heavy atom. The molecule has 0 aromatic rings. The van der Waals surface area contributed by atoms with Crippen molar-refractivity contribution in [3.63, 3.8) is 0 Å². The molecule has 12 heteroatoms. The Balaban J connectivity index is 1.90. The molecule has 2 fully saturated rings. The van der Waals surface area contributed by atoms with Crippen LogP contribution in [-0.4, -0.2) is 98.8 Å². The second kappa shape index (κ2) is 20.3. The summed E-state index contributed by atoms with van der Waals surface area (Å²) in [6.07, 6.45) is 6.42. The van der Waals surface area contributed by atoms with E-state index < -0.39 is 10.8 Å². The number of hydrogen-bond donors (Lipinski definition) is 0. The van der Waals surface area contributed by atoms with E-state index in [0.29, 0.717) is 63.0 Å². The molecule has 0 aromatic carbocycles. The molecule has 1 atom stereocenters. The molecule has 2 heterocycles. The van der Waals surface area contributed by atoms with Gasteiger partial charge in [-0.1, -0.05) is 96.4 Å². The molecule has 1 unspecified atom stereocenters. The van der Waals surface area contributed by atoms with Crippen LogP contribution in [0.4, 0.5) is 0 Å². The highest BCUT2D eigenvalue weighted by atomic mass is 32.2. The summed E-state index contributed by atoms with van der Waals surface area (Å²) in [5, 5.41) is 0. The molecule has 0 radical (unpaired) electrons. The Kier molecular flexibility index (Phi) is 17.9. The van der Waals surface area contributed by atoms with E-state index in [1.54, 1.807) is 14.7 Å². The fourth-order valence-corrected chi connectivity index (χ4v) is 7.83. The molecule has 0 spiro atoms. The average molecular weight is 805 g/mol. The van der Waals surface area contributed by atoms with E-state index in [4.69, 9.17) is 0 Å². The van der Waals surface area contributed by atoms with Crippen molar-refractivity contribution in [2.75, 3.05) is 38.1 Å². The number of carbonyl (C=O) groups is 7. The highest BCUT2D eigenvalue weighted by Gasteiger charge is 2.44. The zero-order valence-electron chi connectivity index (χ0n) is 37.4. The van der Waals surface area contributed by atoms with Crippen molar-refractivity contribution >= 4 is 52.9 Å². The molecular formula is C44H76N4O7S. The van der Waals surface area contributed by atoms with Gasteiger partial charge in [0, 0.05) is 55.2 Å². The van der Waals surface area contributed by atoms with E-state index in [-0.39, 0.29) is 103 Å². The van der Waals surface area contributed by atoms with E-state index in [9.17, 15) is 33.6 Å². The number of rotatable bonds is 20. The second-order valence-corrected chi connectivity index (χ2v) is 22.2. The minimum absolute atomic E-state index is 0.0297. The van der Waals surface area contributed by atoms with Crippen LogP contribution in [-0.2, 0) is 33.6 Å². The predicted molar refractivity (Wildman–Crippen MR) is 224 cm³/mol. The van der Waals surface area contributed by atoms with Crippen LogP contribution in [0.1, 0.15) is 167 Å². The van der Waals surface area contributed by atoms with Gasteiger partial charge in [-0.15, -0.1) is 0 Å². The van der Waals surface area contributed by atoms with Gasteiger partial charge >= 0.3 is 0 Å². The zero-order chi connectivity index (χ0) is 42.9. The number of ketones is 2. The fourth-order valence-electron chi connectivity index (χ4n) is 6.75. The van der Waals surface area contributed by atoms with Crippen molar-refractivity contribution in [1.82, 2.24) is 19.6 Å². The van der Waals surface area contributed by atoms with Gasteiger partial charge in [0.25, 0.3) is 0 Å². The number of amides is 5. The SMILES string of the molecule is CC(C)(C)CCC(=O)N1CN(C(=O)CCSCC(=O)C(C)(C)C)CN(C(=O)CCC(C)(C)CCC(C)(C)C(=O)CCCCCN2C(=O)CC(C(C)(C)C)C2=O)C1. The number of imide groups is 1. The standard InChI is InChI=1S/C44H76N4O7S/c1-40(2,3)21-18-35(51)45-29-46(31-47(30-45)37(53)20-26-56-28-34(50)42(7,8)9)36(52)19-22-43(10,11)23-24-44(12,13)33(49)17-15-14-16-25-48-38(54)27-32(39(48)55)41(4,5)6/h32H,14-31H2,1-13H3. The molecule has 0 N–H and O–H groups in total. The molecule has 2 aliphatic heterocycles. The highest BCUT2D eigenvalue weighted by Crippen LogP contribution is 2.37. The lowest BCUT2D eigenvalue weighted by Crippen LogP contribution is -2.59. The summed E-state index contributed by atoms with van der Waals surface area (Å²) in [7, 11) is 0. The third kappa shape index (κ3) is 16.2. The lowest BCUT2D eigenvalue weighted by atomic mass is 9.74. The zero-order valence-corrected chi connectivity index (χ0v) is 38.2. The number of Topliss-reactive ketones (excluding diaryl/α,β-unsaturated/α-hetero) is 2. The summed E-state index contributed by atoms with van der Waals surface area (Å²) in [5.74, 6) is 0.358. The highest BCUT2D eigenvalue weighted by molar-refractivity contribution is 7.99. The molecule has 11 nitrogen and oxygen atoms in total. The average Bonchev–Trinajstić information content (AvgIpc) is 3.38. The van der Waals surface area contributed by atoms with Gasteiger partial charge in [0.05, 0.1) is 31.7 Å². The van der Waals surface area contributed by atoms with Gasteiger partial charge in [0.15, 0.2) is 0 Å². The minimum Gasteiger partial charge on any atom is -0.307 e. The monoisotopic (exact) mass is 805 g/mol. The Bertz CT molecular complexity index is 1420. The topological polar surface area (TPSA) is 132 Å². The van der Waals surface area contributed by atoms with Gasteiger partial charge in [-0.25, -0.2) is 0 Å². The largest absolute Gasteiger partial charge is 0.307 e. The lowest BCUT2D eigenvalue weighted by Gasteiger charge is -2.43. The lowest BCUT2D eigenvalue weighted by molar-refractivity contribution is -0.159. The van der Waals surface area contributed by atoms with Crippen LogP contribution in [0, 0.1) is 33.0 Å². The summed E-state index contributed by atoms with van der Waals surface area (Å²) in [4.78, 5) is 97.5. The van der Waals surface area contributed by atoms with E-state index in [0.717, 1.165) is 12.8 Å². The van der Waals surface area contributed by atoms with Crippen molar-refractivity contribution in [3.05, 3.63) is 0 Å². The first kappa shape index (κ1) is 49.4. The first-order valence-electron chi connectivity index (χ1n) is 20.9. The van der Waals surface area contributed by atoms with Crippen LogP contribution in [0.15, 0.2) is 0 Å². The molecular weight excluding hydrogens is 729 g/mol. The number of carbonyl (C=O) groups excluding carboxylic acids is 7. The van der Waals surface area contributed by atoms with Gasteiger partial charge in [0.2, 0.25) is 29.5 Å². The number of hydrogen-bond acceptors (Lipinski definition) is 8.